The van der Waals surface area contributed by atoms with E-state index in [0.29, 0.717) is 22.3 Å². The van der Waals surface area contributed by atoms with Crippen LogP contribution in [-0.2, 0) is 22.2 Å². The molecular formula is C23H27ClF3N5O4. The zero-order chi connectivity index (χ0) is 27.8. The molecule has 13 heteroatoms. The van der Waals surface area contributed by atoms with Gasteiger partial charge in [-0.25, -0.2) is 9.48 Å². The van der Waals surface area contributed by atoms with Gasteiger partial charge in [-0.2, -0.15) is 22.8 Å². The number of fused-ring (bicyclic) bond motifs is 1. The number of phenols is 1. The molecule has 0 aliphatic heterocycles. The fourth-order valence-electron chi connectivity index (χ4n) is 3.18. The van der Waals surface area contributed by atoms with E-state index in [1.54, 1.807) is 24.3 Å². The van der Waals surface area contributed by atoms with Gasteiger partial charge in [-0.3, -0.25) is 10.2 Å². The first-order valence-corrected chi connectivity index (χ1v) is 11.0. The summed E-state index contributed by atoms with van der Waals surface area (Å²) in [5.41, 5.74) is 1.63. The number of halogens is 4. The minimum Gasteiger partial charge on any atom is -0.507 e. The summed E-state index contributed by atoms with van der Waals surface area (Å²) in [4.78, 5) is 22.0. The molecule has 1 aromatic carbocycles. The Morgan fingerprint density at radius 2 is 1.47 bits per heavy atom. The summed E-state index contributed by atoms with van der Waals surface area (Å²) >= 11 is 5.89. The number of carbonyl (C=O) groups excluding carboxylic acids is 1. The molecule has 0 spiro atoms. The van der Waals surface area contributed by atoms with Gasteiger partial charge in [0, 0.05) is 16.7 Å². The molecule has 0 amide bonds. The molecule has 3 N–H and O–H groups in total. The van der Waals surface area contributed by atoms with E-state index >= 15 is 0 Å². The van der Waals surface area contributed by atoms with Gasteiger partial charge in [0.1, 0.15) is 17.4 Å². The Labute approximate surface area is 209 Å². The Kier molecular flexibility index (Phi) is 7.94. The Balaban J connectivity index is 0.000000572. The van der Waals surface area contributed by atoms with E-state index in [0.717, 1.165) is 0 Å². The number of alkyl halides is 3. The standard InChI is InChI=1S/C21H26ClN5O2.C2HF3O2/c1-20(2,3)13-9-12(10-14(18(13)29)21(4,5)6)15(28)11-26-19(23)27-17(25-26)8-7-16(22)24-27;3-2(4,5)1(6)7/h7-10,23,29H,11H2,1-6H3;(H,6,7). The number of carbonyl (C=O) groups is 2. The second-order valence-electron chi connectivity index (χ2n) is 10.1. The first-order valence-electron chi connectivity index (χ1n) is 10.6. The predicted molar refractivity (Wildman–Crippen MR) is 125 cm³/mol. The van der Waals surface area contributed by atoms with Crippen LogP contribution in [0.4, 0.5) is 13.2 Å². The molecule has 3 rings (SSSR count). The van der Waals surface area contributed by atoms with Crippen molar-refractivity contribution in [2.45, 2.75) is 65.1 Å². The molecule has 36 heavy (non-hydrogen) atoms. The lowest BCUT2D eigenvalue weighted by molar-refractivity contribution is -0.192. The van der Waals surface area contributed by atoms with Crippen LogP contribution >= 0.6 is 11.6 Å². The van der Waals surface area contributed by atoms with E-state index in [1.807, 2.05) is 41.5 Å². The Morgan fingerprint density at radius 3 is 1.89 bits per heavy atom. The minimum absolute atomic E-state index is 0.0401. The number of Topliss-reactive ketones (excluding diaryl/α,β-unsaturated/α-hetero) is 1. The Morgan fingerprint density at radius 1 is 1.00 bits per heavy atom. The average Bonchev–Trinajstić information content (AvgIpc) is 3.01. The monoisotopic (exact) mass is 529 g/mol. The van der Waals surface area contributed by atoms with Gasteiger partial charge in [-0.1, -0.05) is 53.1 Å². The zero-order valence-corrected chi connectivity index (χ0v) is 21.3. The van der Waals surface area contributed by atoms with Crippen molar-refractivity contribution in [2.75, 3.05) is 0 Å². The van der Waals surface area contributed by atoms with Crippen LogP contribution in [0.3, 0.4) is 0 Å². The molecule has 0 aliphatic carbocycles. The highest BCUT2D eigenvalue weighted by molar-refractivity contribution is 6.29. The summed E-state index contributed by atoms with van der Waals surface area (Å²) in [5, 5.41) is 34.8. The summed E-state index contributed by atoms with van der Waals surface area (Å²) in [6, 6.07) is 6.70. The van der Waals surface area contributed by atoms with Crippen molar-refractivity contribution < 1.29 is 33.0 Å². The number of aliphatic carboxylic acids is 1. The van der Waals surface area contributed by atoms with E-state index in [4.69, 9.17) is 26.9 Å². The number of nitrogens with zero attached hydrogens (tertiary/aromatic N) is 4. The molecule has 0 atom stereocenters. The van der Waals surface area contributed by atoms with Gasteiger partial charge in [0.05, 0.1) is 0 Å². The number of benzene rings is 1. The van der Waals surface area contributed by atoms with E-state index in [2.05, 4.69) is 10.2 Å². The fraction of sp³-hybridized carbons (Fsp3) is 0.435. The summed E-state index contributed by atoms with van der Waals surface area (Å²) < 4.78 is 34.3. The van der Waals surface area contributed by atoms with Gasteiger partial charge < -0.3 is 10.2 Å². The van der Waals surface area contributed by atoms with Crippen LogP contribution in [0.5, 0.6) is 5.75 Å². The van der Waals surface area contributed by atoms with Crippen molar-refractivity contribution in [2.24, 2.45) is 0 Å². The molecule has 0 bridgehead atoms. The molecule has 3 aromatic rings. The number of hydrogen-bond acceptors (Lipinski definition) is 6. The molecule has 0 saturated heterocycles. The van der Waals surface area contributed by atoms with Crippen LogP contribution in [-0.4, -0.2) is 47.5 Å². The minimum atomic E-state index is -5.08. The summed E-state index contributed by atoms with van der Waals surface area (Å²) in [5.74, 6) is -2.73. The normalized spacial score (nSPS) is 12.3. The largest absolute Gasteiger partial charge is 0.507 e. The van der Waals surface area contributed by atoms with Crippen molar-refractivity contribution in [3.63, 3.8) is 0 Å². The van der Waals surface area contributed by atoms with Crippen LogP contribution in [0.15, 0.2) is 24.3 Å². The molecule has 0 fully saturated rings. The van der Waals surface area contributed by atoms with E-state index in [1.165, 1.54) is 9.20 Å². The first kappa shape index (κ1) is 28.8. The number of aromatic nitrogens is 4. The second-order valence-corrected chi connectivity index (χ2v) is 10.4. The molecule has 9 nitrogen and oxygen atoms in total. The number of rotatable bonds is 3. The van der Waals surface area contributed by atoms with Crippen LogP contribution in [0, 0.1) is 5.41 Å². The van der Waals surface area contributed by atoms with E-state index in [-0.39, 0.29) is 39.7 Å². The number of carboxylic acids is 1. The highest BCUT2D eigenvalue weighted by atomic mass is 35.5. The van der Waals surface area contributed by atoms with Crippen molar-refractivity contribution in [3.8, 4) is 5.75 Å². The molecule has 0 saturated carbocycles. The van der Waals surface area contributed by atoms with Gasteiger partial charge in [0.15, 0.2) is 11.4 Å². The van der Waals surface area contributed by atoms with Crippen molar-refractivity contribution in [1.29, 1.82) is 5.41 Å². The van der Waals surface area contributed by atoms with Gasteiger partial charge >= 0.3 is 12.1 Å². The molecule has 0 radical (unpaired) electrons. The number of hydrogen-bond donors (Lipinski definition) is 3. The number of nitrogens with one attached hydrogen (secondary N) is 1. The third kappa shape index (κ3) is 6.62. The van der Waals surface area contributed by atoms with E-state index < -0.39 is 12.1 Å². The van der Waals surface area contributed by atoms with Gasteiger partial charge in [-0.15, -0.1) is 5.10 Å². The quantitative estimate of drug-likeness (QED) is 0.428. The molecular weight excluding hydrogens is 503 g/mol. The smallest absolute Gasteiger partial charge is 0.490 e. The highest BCUT2D eigenvalue weighted by Crippen LogP contribution is 2.39. The molecule has 2 aromatic heterocycles. The summed E-state index contributed by atoms with van der Waals surface area (Å²) in [6.45, 7) is 11.9. The van der Waals surface area contributed by atoms with Crippen molar-refractivity contribution in [1.82, 2.24) is 19.4 Å². The number of phenolic OH excluding ortho intramolecular Hbond substituents is 1. The average molecular weight is 530 g/mol. The van der Waals surface area contributed by atoms with Gasteiger partial charge in [0.25, 0.3) is 0 Å². The van der Waals surface area contributed by atoms with Crippen LogP contribution in [0.2, 0.25) is 5.15 Å². The second kappa shape index (κ2) is 9.92. The topological polar surface area (TPSA) is 134 Å². The lowest BCUT2D eigenvalue weighted by atomic mass is 9.78. The van der Waals surface area contributed by atoms with Crippen molar-refractivity contribution >= 4 is 29.0 Å². The lowest BCUT2D eigenvalue weighted by Crippen LogP contribution is -2.27. The Hall–Kier alpha value is -3.41. The van der Waals surface area contributed by atoms with Crippen molar-refractivity contribution in [3.05, 3.63) is 51.7 Å². The maximum Gasteiger partial charge on any atom is 0.490 e. The zero-order valence-electron chi connectivity index (χ0n) is 20.5. The summed E-state index contributed by atoms with van der Waals surface area (Å²) in [6.07, 6.45) is -5.08. The fourth-order valence-corrected chi connectivity index (χ4v) is 3.32. The van der Waals surface area contributed by atoms with Crippen LogP contribution in [0.1, 0.15) is 63.0 Å². The number of carboxylic acid groups (broad SMARTS) is 1. The van der Waals surface area contributed by atoms with Crippen LogP contribution < -0.4 is 5.62 Å². The lowest BCUT2D eigenvalue weighted by Gasteiger charge is -2.28. The van der Waals surface area contributed by atoms with E-state index in [9.17, 15) is 23.1 Å². The maximum absolute atomic E-state index is 13.1. The maximum atomic E-state index is 13.1. The van der Waals surface area contributed by atoms with Gasteiger partial charge in [0.2, 0.25) is 5.62 Å². The third-order valence-electron chi connectivity index (χ3n) is 5.03. The molecule has 196 valence electrons. The van der Waals surface area contributed by atoms with Crippen LogP contribution in [0.25, 0.3) is 5.65 Å². The number of aromatic hydroxyl groups is 1. The highest BCUT2D eigenvalue weighted by Gasteiger charge is 2.38. The summed E-state index contributed by atoms with van der Waals surface area (Å²) in [7, 11) is 0. The Bertz CT molecular complexity index is 1330. The third-order valence-corrected chi connectivity index (χ3v) is 5.24. The SMILES string of the molecule is CC(C)(C)c1cc(C(=O)Cn2nc3ccc(Cl)nn3c2=N)cc(C(C)(C)C)c1O.O=C(O)C(F)(F)F. The molecule has 0 unspecified atom stereocenters. The molecule has 0 aliphatic rings. The predicted octanol–water partition coefficient (Wildman–Crippen LogP) is 4.48. The molecule has 2 heterocycles. The first-order chi connectivity index (χ1) is 16.2. The number of ketones is 1. The van der Waals surface area contributed by atoms with Gasteiger partial charge in [-0.05, 0) is 35.1 Å².